The van der Waals surface area contributed by atoms with Gasteiger partial charge in [-0.2, -0.15) is 0 Å². The maximum atomic E-state index is 4.51. The van der Waals surface area contributed by atoms with Crippen molar-refractivity contribution >= 4 is 0 Å². The normalized spacial score (nSPS) is 19.9. The van der Waals surface area contributed by atoms with Gasteiger partial charge in [0.15, 0.2) is 0 Å². The largest absolute Gasteiger partial charge is 0.306 e. The summed E-state index contributed by atoms with van der Waals surface area (Å²) in [7, 11) is 2.19. The Balaban J connectivity index is 2.05. The molecule has 0 unspecified atom stereocenters. The first-order chi connectivity index (χ1) is 6.75. The molecule has 0 aliphatic carbocycles. The minimum Gasteiger partial charge on any atom is -0.306 e. The summed E-state index contributed by atoms with van der Waals surface area (Å²) in [4.78, 5) is 6.90. The molecule has 2 heteroatoms. The predicted octanol–water partition coefficient (Wildman–Crippen LogP) is 2.20. The molecule has 1 aromatic heterocycles. The van der Waals surface area contributed by atoms with E-state index in [0.717, 1.165) is 0 Å². The highest BCUT2D eigenvalue weighted by molar-refractivity contribution is 5.16. The molecule has 0 spiro atoms. The molecule has 1 aliphatic rings. The van der Waals surface area contributed by atoms with E-state index in [1.165, 1.54) is 37.2 Å². The predicted molar refractivity (Wildman–Crippen MR) is 58.4 cm³/mol. The molecule has 14 heavy (non-hydrogen) atoms. The van der Waals surface area contributed by atoms with Crippen LogP contribution in [-0.4, -0.2) is 30.0 Å². The second kappa shape index (κ2) is 4.09. The first-order valence-electron chi connectivity index (χ1n) is 5.37. The zero-order chi connectivity index (χ0) is 9.97. The molecule has 1 aliphatic heterocycles. The van der Waals surface area contributed by atoms with Crippen LogP contribution in [0.1, 0.15) is 30.0 Å². The van der Waals surface area contributed by atoms with Crippen molar-refractivity contribution in [2.24, 2.45) is 0 Å². The molecule has 0 N–H and O–H groups in total. The molecule has 1 fully saturated rings. The van der Waals surface area contributed by atoms with Gasteiger partial charge in [0.25, 0.3) is 0 Å². The lowest BCUT2D eigenvalue weighted by Crippen LogP contribution is -2.29. The highest BCUT2D eigenvalue weighted by Gasteiger charge is 2.18. The van der Waals surface area contributed by atoms with Crippen LogP contribution in [0.15, 0.2) is 18.3 Å². The number of aryl methyl sites for hydroxylation is 1. The summed E-state index contributed by atoms with van der Waals surface area (Å²) >= 11 is 0. The van der Waals surface area contributed by atoms with Crippen molar-refractivity contribution in [3.63, 3.8) is 0 Å². The van der Waals surface area contributed by atoms with Crippen molar-refractivity contribution in [3.8, 4) is 0 Å². The zero-order valence-corrected chi connectivity index (χ0v) is 9.03. The number of piperidine rings is 1. The Hall–Kier alpha value is -0.890. The molecule has 76 valence electrons. The Morgan fingerprint density at radius 2 is 2.00 bits per heavy atom. The van der Waals surface area contributed by atoms with E-state index < -0.39 is 0 Å². The Morgan fingerprint density at radius 1 is 1.29 bits per heavy atom. The summed E-state index contributed by atoms with van der Waals surface area (Å²) in [6.45, 7) is 4.51. The van der Waals surface area contributed by atoms with E-state index in [9.17, 15) is 0 Å². The van der Waals surface area contributed by atoms with Crippen molar-refractivity contribution in [1.82, 2.24) is 9.88 Å². The van der Waals surface area contributed by atoms with Gasteiger partial charge in [-0.3, -0.25) is 4.98 Å². The van der Waals surface area contributed by atoms with E-state index in [2.05, 4.69) is 36.0 Å². The molecule has 0 aromatic carbocycles. The number of pyridine rings is 1. The minimum atomic E-state index is 0.687. The van der Waals surface area contributed by atoms with Gasteiger partial charge in [0.05, 0.1) is 0 Å². The third-order valence-corrected chi connectivity index (χ3v) is 3.07. The molecule has 2 heterocycles. The van der Waals surface area contributed by atoms with Crippen molar-refractivity contribution in [2.75, 3.05) is 20.1 Å². The van der Waals surface area contributed by atoms with Crippen molar-refractivity contribution in [3.05, 3.63) is 29.6 Å². The van der Waals surface area contributed by atoms with Gasteiger partial charge in [0.2, 0.25) is 0 Å². The fourth-order valence-electron chi connectivity index (χ4n) is 2.03. The number of nitrogens with zero attached hydrogens (tertiary/aromatic N) is 2. The SMILES string of the molecule is Cc1ccc(C2CCN(C)CC2)nc1. The topological polar surface area (TPSA) is 16.1 Å². The van der Waals surface area contributed by atoms with Gasteiger partial charge in [-0.1, -0.05) is 6.07 Å². The van der Waals surface area contributed by atoms with E-state index in [-0.39, 0.29) is 0 Å². The number of likely N-dealkylation sites (tertiary alicyclic amines) is 1. The van der Waals surface area contributed by atoms with Crippen LogP contribution >= 0.6 is 0 Å². The van der Waals surface area contributed by atoms with E-state index in [0.29, 0.717) is 5.92 Å². The molecule has 0 amide bonds. The van der Waals surface area contributed by atoms with Gasteiger partial charge in [-0.05, 0) is 51.5 Å². The summed E-state index contributed by atoms with van der Waals surface area (Å²) in [6.07, 6.45) is 4.49. The number of hydrogen-bond acceptors (Lipinski definition) is 2. The summed E-state index contributed by atoms with van der Waals surface area (Å²) in [6, 6.07) is 4.35. The lowest BCUT2D eigenvalue weighted by molar-refractivity contribution is 0.253. The number of rotatable bonds is 1. The van der Waals surface area contributed by atoms with Gasteiger partial charge in [0, 0.05) is 17.8 Å². The average molecular weight is 190 g/mol. The minimum absolute atomic E-state index is 0.687. The van der Waals surface area contributed by atoms with Crippen LogP contribution in [0.2, 0.25) is 0 Å². The van der Waals surface area contributed by atoms with E-state index in [1.54, 1.807) is 0 Å². The van der Waals surface area contributed by atoms with Crippen LogP contribution in [-0.2, 0) is 0 Å². The average Bonchev–Trinajstić information content (AvgIpc) is 2.21. The Kier molecular flexibility index (Phi) is 2.82. The number of aromatic nitrogens is 1. The molecular weight excluding hydrogens is 172 g/mol. The molecule has 1 saturated heterocycles. The maximum Gasteiger partial charge on any atom is 0.0435 e. The smallest absolute Gasteiger partial charge is 0.0435 e. The molecule has 1 aromatic rings. The fraction of sp³-hybridized carbons (Fsp3) is 0.583. The quantitative estimate of drug-likeness (QED) is 0.675. The van der Waals surface area contributed by atoms with Gasteiger partial charge in [0.1, 0.15) is 0 Å². The summed E-state index contributed by atoms with van der Waals surface area (Å²) < 4.78 is 0. The first-order valence-corrected chi connectivity index (χ1v) is 5.37. The molecule has 2 rings (SSSR count). The molecule has 0 saturated carbocycles. The van der Waals surface area contributed by atoms with E-state index in [1.807, 2.05) is 6.20 Å². The van der Waals surface area contributed by atoms with Crippen molar-refractivity contribution < 1.29 is 0 Å². The molecule has 0 atom stereocenters. The summed E-state index contributed by atoms with van der Waals surface area (Å²) in [5.74, 6) is 0.687. The van der Waals surface area contributed by atoms with Gasteiger partial charge in [-0.15, -0.1) is 0 Å². The zero-order valence-electron chi connectivity index (χ0n) is 9.03. The summed E-state index contributed by atoms with van der Waals surface area (Å²) in [5.41, 5.74) is 2.53. The third kappa shape index (κ3) is 2.13. The van der Waals surface area contributed by atoms with Crippen molar-refractivity contribution in [1.29, 1.82) is 0 Å². The highest BCUT2D eigenvalue weighted by atomic mass is 15.1. The van der Waals surface area contributed by atoms with E-state index in [4.69, 9.17) is 0 Å². The Bertz CT molecular complexity index is 284. The standard InChI is InChI=1S/C12H18N2/c1-10-3-4-12(13-9-10)11-5-7-14(2)8-6-11/h3-4,9,11H,5-8H2,1-2H3. The second-order valence-corrected chi connectivity index (χ2v) is 4.34. The Morgan fingerprint density at radius 3 is 2.57 bits per heavy atom. The van der Waals surface area contributed by atoms with Gasteiger partial charge < -0.3 is 4.90 Å². The van der Waals surface area contributed by atoms with Gasteiger partial charge in [-0.25, -0.2) is 0 Å². The first kappa shape index (κ1) is 9.66. The van der Waals surface area contributed by atoms with Crippen molar-refractivity contribution in [2.45, 2.75) is 25.7 Å². The molecular formula is C12H18N2. The van der Waals surface area contributed by atoms with Crippen LogP contribution in [0.4, 0.5) is 0 Å². The lowest BCUT2D eigenvalue weighted by atomic mass is 9.93. The summed E-state index contributed by atoms with van der Waals surface area (Å²) in [5, 5.41) is 0. The molecule has 0 radical (unpaired) electrons. The highest BCUT2D eigenvalue weighted by Crippen LogP contribution is 2.25. The van der Waals surface area contributed by atoms with Crippen LogP contribution in [0, 0.1) is 6.92 Å². The number of hydrogen-bond donors (Lipinski definition) is 0. The fourth-order valence-corrected chi connectivity index (χ4v) is 2.03. The third-order valence-electron chi connectivity index (χ3n) is 3.07. The lowest BCUT2D eigenvalue weighted by Gasteiger charge is -2.28. The monoisotopic (exact) mass is 190 g/mol. The second-order valence-electron chi connectivity index (χ2n) is 4.34. The van der Waals surface area contributed by atoms with Crippen LogP contribution in [0.5, 0.6) is 0 Å². The van der Waals surface area contributed by atoms with Crippen LogP contribution in [0.3, 0.4) is 0 Å². The maximum absolute atomic E-state index is 4.51. The van der Waals surface area contributed by atoms with Crippen LogP contribution < -0.4 is 0 Å². The van der Waals surface area contributed by atoms with E-state index >= 15 is 0 Å². The van der Waals surface area contributed by atoms with Gasteiger partial charge >= 0.3 is 0 Å². The Labute approximate surface area is 86.0 Å². The molecule has 2 nitrogen and oxygen atoms in total. The molecule has 0 bridgehead atoms. The van der Waals surface area contributed by atoms with Crippen LogP contribution in [0.25, 0.3) is 0 Å².